The molecule has 1 aliphatic heterocycles. The van der Waals surface area contributed by atoms with Crippen LogP contribution in [0.3, 0.4) is 0 Å². The largest absolute Gasteiger partial charge is 0.495 e. The van der Waals surface area contributed by atoms with Crippen LogP contribution < -0.4 is 15.0 Å². The number of methoxy groups -OCH3 is 2. The minimum atomic E-state index is -0.0289. The Morgan fingerprint density at radius 3 is 2.58 bits per heavy atom. The van der Waals surface area contributed by atoms with E-state index in [0.717, 1.165) is 65.2 Å². The molecule has 7 heteroatoms. The monoisotopic (exact) mass is 445 g/mol. The number of anilines is 2. The molecule has 7 nitrogen and oxygen atoms in total. The molecule has 1 atom stereocenters. The standard InChI is InChI=1S/C26H31N5O2/c1-16-19(15-27)7-6-8-21(16)17(2)28-26-22-13-24(31-11-9-20(32-4)10-12-31)25(33-5)14-23(22)29-18(3)30-26/h6-8,13-14,17,20H,9-12H2,1-5H3,(H,28,29,30)/t17-/m1/s1. The molecule has 1 aromatic heterocycles. The molecule has 0 radical (unpaired) electrons. The Bertz CT molecular complexity index is 1200. The SMILES string of the molecule is COc1cc2nc(C)nc(N[C@H](C)c3cccc(C#N)c3C)c2cc1N1CCC(OC)CC1. The molecule has 0 bridgehead atoms. The Labute approximate surface area is 195 Å². The Morgan fingerprint density at radius 2 is 1.91 bits per heavy atom. The van der Waals surface area contributed by atoms with Crippen molar-refractivity contribution in [3.8, 4) is 11.8 Å². The maximum atomic E-state index is 9.41. The normalized spacial score (nSPS) is 15.3. The van der Waals surface area contributed by atoms with Crippen LogP contribution in [0.1, 0.15) is 48.3 Å². The van der Waals surface area contributed by atoms with Gasteiger partial charge in [-0.2, -0.15) is 5.26 Å². The molecule has 2 aromatic carbocycles. The molecule has 0 saturated carbocycles. The topological polar surface area (TPSA) is 83.3 Å². The summed E-state index contributed by atoms with van der Waals surface area (Å²) in [5, 5.41) is 13.9. The minimum Gasteiger partial charge on any atom is -0.495 e. The van der Waals surface area contributed by atoms with Gasteiger partial charge in [-0.25, -0.2) is 9.97 Å². The van der Waals surface area contributed by atoms with Crippen LogP contribution in [-0.4, -0.2) is 43.4 Å². The summed E-state index contributed by atoms with van der Waals surface area (Å²) in [6, 6.07) is 12.2. The molecular formula is C26H31N5O2. The molecule has 4 rings (SSSR count). The highest BCUT2D eigenvalue weighted by atomic mass is 16.5. The fraction of sp³-hybridized carbons (Fsp3) is 0.423. The van der Waals surface area contributed by atoms with Crippen LogP contribution in [0.15, 0.2) is 30.3 Å². The van der Waals surface area contributed by atoms with Crippen LogP contribution in [0.2, 0.25) is 0 Å². The van der Waals surface area contributed by atoms with E-state index in [0.29, 0.717) is 17.5 Å². The molecule has 2 heterocycles. The molecule has 0 unspecified atom stereocenters. The fourth-order valence-corrected chi connectivity index (χ4v) is 4.64. The first-order chi connectivity index (χ1) is 15.9. The third-order valence-electron chi connectivity index (χ3n) is 6.54. The van der Waals surface area contributed by atoms with Gasteiger partial charge in [0.25, 0.3) is 0 Å². The zero-order valence-electron chi connectivity index (χ0n) is 20.0. The van der Waals surface area contributed by atoms with Crippen LogP contribution in [-0.2, 0) is 4.74 Å². The van der Waals surface area contributed by atoms with E-state index in [9.17, 15) is 5.26 Å². The molecule has 33 heavy (non-hydrogen) atoms. The van der Waals surface area contributed by atoms with Gasteiger partial charge in [0.05, 0.1) is 42.1 Å². The number of ether oxygens (including phenoxy) is 2. The van der Waals surface area contributed by atoms with Crippen LogP contribution in [0.4, 0.5) is 11.5 Å². The van der Waals surface area contributed by atoms with Gasteiger partial charge in [-0.1, -0.05) is 12.1 Å². The lowest BCUT2D eigenvalue weighted by molar-refractivity contribution is 0.0818. The summed E-state index contributed by atoms with van der Waals surface area (Å²) in [7, 11) is 3.48. The summed E-state index contributed by atoms with van der Waals surface area (Å²) in [5.41, 5.74) is 4.64. The smallest absolute Gasteiger partial charge is 0.144 e. The number of nitriles is 1. The Kier molecular flexibility index (Phi) is 6.66. The second-order valence-electron chi connectivity index (χ2n) is 8.58. The van der Waals surface area contributed by atoms with Crippen molar-refractivity contribution in [1.82, 2.24) is 9.97 Å². The van der Waals surface area contributed by atoms with Gasteiger partial charge in [-0.05, 0) is 56.9 Å². The van der Waals surface area contributed by atoms with Crippen molar-refractivity contribution in [2.45, 2.75) is 45.8 Å². The molecule has 3 aromatic rings. The van der Waals surface area contributed by atoms with Crippen molar-refractivity contribution in [1.29, 1.82) is 5.26 Å². The van der Waals surface area contributed by atoms with Gasteiger partial charge >= 0.3 is 0 Å². The highest BCUT2D eigenvalue weighted by Gasteiger charge is 2.23. The molecule has 0 aliphatic carbocycles. The maximum absolute atomic E-state index is 9.41. The number of piperidine rings is 1. The van der Waals surface area contributed by atoms with E-state index in [-0.39, 0.29) is 6.04 Å². The Balaban J connectivity index is 1.73. The maximum Gasteiger partial charge on any atom is 0.144 e. The summed E-state index contributed by atoms with van der Waals surface area (Å²) in [6.07, 6.45) is 2.28. The summed E-state index contributed by atoms with van der Waals surface area (Å²) in [6.45, 7) is 7.79. The van der Waals surface area contributed by atoms with Crippen molar-refractivity contribution >= 4 is 22.4 Å². The number of rotatable bonds is 6. The molecule has 1 N–H and O–H groups in total. The second kappa shape index (κ2) is 9.63. The number of nitrogens with zero attached hydrogens (tertiary/aromatic N) is 4. The number of benzene rings is 2. The van der Waals surface area contributed by atoms with Crippen molar-refractivity contribution in [3.63, 3.8) is 0 Å². The predicted molar refractivity (Wildman–Crippen MR) is 131 cm³/mol. The van der Waals surface area contributed by atoms with E-state index in [1.807, 2.05) is 32.0 Å². The molecule has 1 aliphatic rings. The van der Waals surface area contributed by atoms with Gasteiger partial charge < -0.3 is 19.7 Å². The first-order valence-electron chi connectivity index (χ1n) is 11.4. The summed E-state index contributed by atoms with van der Waals surface area (Å²) < 4.78 is 11.3. The first kappa shape index (κ1) is 22.8. The van der Waals surface area contributed by atoms with Crippen molar-refractivity contribution in [2.75, 3.05) is 37.5 Å². The van der Waals surface area contributed by atoms with Gasteiger partial charge in [-0.3, -0.25) is 0 Å². The van der Waals surface area contributed by atoms with Crippen LogP contribution in [0.5, 0.6) is 5.75 Å². The number of nitrogens with one attached hydrogen (secondary N) is 1. The first-order valence-corrected chi connectivity index (χ1v) is 11.4. The van der Waals surface area contributed by atoms with E-state index in [2.05, 4.69) is 40.3 Å². The Hall–Kier alpha value is -3.37. The Morgan fingerprint density at radius 1 is 1.15 bits per heavy atom. The zero-order chi connectivity index (χ0) is 23.5. The molecule has 0 amide bonds. The third-order valence-corrected chi connectivity index (χ3v) is 6.54. The minimum absolute atomic E-state index is 0.0289. The lowest BCUT2D eigenvalue weighted by Gasteiger charge is -2.34. The second-order valence-corrected chi connectivity index (χ2v) is 8.58. The van der Waals surface area contributed by atoms with E-state index >= 15 is 0 Å². The van der Waals surface area contributed by atoms with Gasteiger partial charge in [-0.15, -0.1) is 0 Å². The van der Waals surface area contributed by atoms with E-state index in [4.69, 9.17) is 14.5 Å². The molecular weight excluding hydrogens is 414 g/mol. The van der Waals surface area contributed by atoms with E-state index in [1.54, 1.807) is 14.2 Å². The summed E-state index contributed by atoms with van der Waals surface area (Å²) in [4.78, 5) is 11.8. The van der Waals surface area contributed by atoms with Crippen LogP contribution in [0.25, 0.3) is 10.9 Å². The summed E-state index contributed by atoms with van der Waals surface area (Å²) in [5.74, 6) is 2.28. The van der Waals surface area contributed by atoms with Gasteiger partial charge in [0.2, 0.25) is 0 Å². The lowest BCUT2D eigenvalue weighted by Crippen LogP contribution is -2.36. The van der Waals surface area contributed by atoms with Crippen molar-refractivity contribution in [3.05, 3.63) is 52.8 Å². The highest BCUT2D eigenvalue weighted by Crippen LogP contribution is 2.37. The number of hydrogen-bond acceptors (Lipinski definition) is 7. The number of hydrogen-bond donors (Lipinski definition) is 1. The average molecular weight is 446 g/mol. The van der Waals surface area contributed by atoms with Crippen molar-refractivity contribution < 1.29 is 9.47 Å². The lowest BCUT2D eigenvalue weighted by atomic mass is 9.98. The molecule has 0 spiro atoms. The van der Waals surface area contributed by atoms with Gasteiger partial charge in [0.15, 0.2) is 0 Å². The molecule has 1 fully saturated rings. The highest BCUT2D eigenvalue weighted by molar-refractivity contribution is 5.94. The number of aromatic nitrogens is 2. The fourth-order valence-electron chi connectivity index (χ4n) is 4.64. The van der Waals surface area contributed by atoms with Gasteiger partial charge in [0.1, 0.15) is 17.4 Å². The number of aryl methyl sites for hydroxylation is 1. The van der Waals surface area contributed by atoms with E-state index in [1.165, 1.54) is 0 Å². The quantitative estimate of drug-likeness (QED) is 0.577. The number of fused-ring (bicyclic) bond motifs is 1. The van der Waals surface area contributed by atoms with Crippen molar-refractivity contribution in [2.24, 2.45) is 0 Å². The van der Waals surface area contributed by atoms with Gasteiger partial charge in [0, 0.05) is 31.7 Å². The third kappa shape index (κ3) is 4.57. The van der Waals surface area contributed by atoms with E-state index < -0.39 is 0 Å². The average Bonchev–Trinajstić information content (AvgIpc) is 2.83. The van der Waals surface area contributed by atoms with Crippen LogP contribution in [0, 0.1) is 25.2 Å². The van der Waals surface area contributed by atoms with Crippen LogP contribution >= 0.6 is 0 Å². The zero-order valence-corrected chi connectivity index (χ0v) is 20.0. The molecule has 1 saturated heterocycles. The predicted octanol–water partition coefficient (Wildman–Crippen LogP) is 4.92. The molecule has 172 valence electrons. The summed E-state index contributed by atoms with van der Waals surface area (Å²) >= 11 is 0.